The first-order valence-electron chi connectivity index (χ1n) is 4.11. The van der Waals surface area contributed by atoms with Gasteiger partial charge in [0.25, 0.3) is 0 Å². The van der Waals surface area contributed by atoms with Crippen LogP contribution in [0.2, 0.25) is 0 Å². The first kappa shape index (κ1) is 11.5. The Labute approximate surface area is 87.8 Å². The molecule has 0 aromatic heterocycles. The molecule has 0 aliphatic heterocycles. The SMILES string of the molecule is CS(=O)(=O)c1ccccc1C=CC(=O)O. The van der Waals surface area contributed by atoms with Crippen molar-refractivity contribution in [1.29, 1.82) is 0 Å². The zero-order valence-corrected chi connectivity index (χ0v) is 8.86. The van der Waals surface area contributed by atoms with Gasteiger partial charge in [0.15, 0.2) is 9.84 Å². The molecule has 1 N–H and O–H groups in total. The van der Waals surface area contributed by atoms with Crippen LogP contribution in [0, 0.1) is 0 Å². The molecule has 0 saturated carbocycles. The van der Waals surface area contributed by atoms with Gasteiger partial charge in [-0.2, -0.15) is 0 Å². The zero-order valence-electron chi connectivity index (χ0n) is 8.04. The molecule has 5 heteroatoms. The summed E-state index contributed by atoms with van der Waals surface area (Å²) in [5.41, 5.74) is 0.377. The summed E-state index contributed by atoms with van der Waals surface area (Å²) in [5, 5.41) is 8.43. The summed E-state index contributed by atoms with van der Waals surface area (Å²) in [4.78, 5) is 10.4. The maximum atomic E-state index is 11.3. The van der Waals surface area contributed by atoms with Gasteiger partial charge in [-0.25, -0.2) is 13.2 Å². The molecule has 1 aromatic carbocycles. The molecule has 15 heavy (non-hydrogen) atoms. The third kappa shape index (κ3) is 3.21. The number of rotatable bonds is 3. The molecule has 0 fully saturated rings. The molecule has 0 atom stereocenters. The highest BCUT2D eigenvalue weighted by molar-refractivity contribution is 7.90. The van der Waals surface area contributed by atoms with E-state index in [0.717, 1.165) is 12.3 Å². The Morgan fingerprint density at radius 1 is 1.33 bits per heavy atom. The number of hydrogen-bond donors (Lipinski definition) is 1. The van der Waals surface area contributed by atoms with Gasteiger partial charge in [0.1, 0.15) is 0 Å². The van der Waals surface area contributed by atoms with E-state index in [1.165, 1.54) is 12.1 Å². The molecule has 0 heterocycles. The van der Waals surface area contributed by atoms with Gasteiger partial charge in [-0.05, 0) is 17.7 Å². The van der Waals surface area contributed by atoms with Crippen LogP contribution in [0.4, 0.5) is 0 Å². The third-order valence-corrected chi connectivity index (χ3v) is 2.89. The summed E-state index contributed by atoms with van der Waals surface area (Å²) in [6.07, 6.45) is 3.25. The first-order valence-corrected chi connectivity index (χ1v) is 6.00. The maximum Gasteiger partial charge on any atom is 0.328 e. The van der Waals surface area contributed by atoms with Crippen LogP contribution in [0.5, 0.6) is 0 Å². The van der Waals surface area contributed by atoms with Gasteiger partial charge in [0.05, 0.1) is 4.90 Å². The van der Waals surface area contributed by atoms with Crippen molar-refractivity contribution < 1.29 is 18.3 Å². The van der Waals surface area contributed by atoms with Gasteiger partial charge in [-0.1, -0.05) is 18.2 Å². The van der Waals surface area contributed by atoms with Gasteiger partial charge in [0, 0.05) is 12.3 Å². The molecule has 0 amide bonds. The minimum Gasteiger partial charge on any atom is -0.478 e. The number of sulfone groups is 1. The second-order valence-corrected chi connectivity index (χ2v) is 4.97. The Morgan fingerprint density at radius 3 is 2.47 bits per heavy atom. The van der Waals surface area contributed by atoms with Crippen LogP contribution in [-0.4, -0.2) is 25.7 Å². The second-order valence-electron chi connectivity index (χ2n) is 2.98. The normalized spacial score (nSPS) is 11.8. The smallest absolute Gasteiger partial charge is 0.328 e. The fourth-order valence-corrected chi connectivity index (χ4v) is 2.01. The van der Waals surface area contributed by atoms with E-state index in [2.05, 4.69) is 0 Å². The summed E-state index contributed by atoms with van der Waals surface area (Å²) >= 11 is 0. The summed E-state index contributed by atoms with van der Waals surface area (Å²) in [6.45, 7) is 0. The van der Waals surface area contributed by atoms with Crippen LogP contribution >= 0.6 is 0 Å². The molecule has 0 aliphatic rings. The fourth-order valence-electron chi connectivity index (χ4n) is 1.12. The summed E-state index contributed by atoms with van der Waals surface area (Å²) in [5.74, 6) is -1.11. The van der Waals surface area contributed by atoms with Gasteiger partial charge in [-0.15, -0.1) is 0 Å². The molecule has 0 unspecified atom stereocenters. The molecule has 80 valence electrons. The topological polar surface area (TPSA) is 71.4 Å². The van der Waals surface area contributed by atoms with Crippen LogP contribution in [-0.2, 0) is 14.6 Å². The molecule has 0 saturated heterocycles. The molecule has 1 aromatic rings. The Kier molecular flexibility index (Phi) is 3.26. The minimum absolute atomic E-state index is 0.127. The van der Waals surface area contributed by atoms with Crippen LogP contribution in [0.15, 0.2) is 35.2 Å². The number of carboxylic acid groups (broad SMARTS) is 1. The Balaban J connectivity index is 3.25. The van der Waals surface area contributed by atoms with E-state index in [1.807, 2.05) is 0 Å². The van der Waals surface area contributed by atoms with Crippen molar-refractivity contribution in [2.75, 3.05) is 6.26 Å². The van der Waals surface area contributed by atoms with E-state index < -0.39 is 15.8 Å². The fraction of sp³-hybridized carbons (Fsp3) is 0.100. The van der Waals surface area contributed by atoms with E-state index >= 15 is 0 Å². The van der Waals surface area contributed by atoms with Crippen molar-refractivity contribution >= 4 is 21.9 Å². The van der Waals surface area contributed by atoms with Gasteiger partial charge >= 0.3 is 5.97 Å². The average Bonchev–Trinajstić information content (AvgIpc) is 2.13. The van der Waals surface area contributed by atoms with Crippen molar-refractivity contribution in [1.82, 2.24) is 0 Å². The lowest BCUT2D eigenvalue weighted by molar-refractivity contribution is -0.131. The monoisotopic (exact) mass is 226 g/mol. The highest BCUT2D eigenvalue weighted by atomic mass is 32.2. The predicted octanol–water partition coefficient (Wildman–Crippen LogP) is 1.19. The number of aliphatic carboxylic acids is 1. The number of carboxylic acids is 1. The van der Waals surface area contributed by atoms with Crippen molar-refractivity contribution in [3.8, 4) is 0 Å². The predicted molar refractivity (Wildman–Crippen MR) is 56.2 cm³/mol. The molecule has 0 radical (unpaired) electrons. The van der Waals surface area contributed by atoms with E-state index in [0.29, 0.717) is 5.56 Å². The lowest BCUT2D eigenvalue weighted by atomic mass is 10.2. The van der Waals surface area contributed by atoms with E-state index in [1.54, 1.807) is 18.2 Å². The number of benzene rings is 1. The number of carbonyl (C=O) groups is 1. The standard InChI is InChI=1S/C10H10O4S/c1-15(13,14)9-5-3-2-4-8(9)6-7-10(11)12/h2-7H,1H3,(H,11,12). The summed E-state index contributed by atoms with van der Waals surface area (Å²) in [7, 11) is -3.33. The largest absolute Gasteiger partial charge is 0.478 e. The highest BCUT2D eigenvalue weighted by Crippen LogP contribution is 2.16. The molecule has 0 bridgehead atoms. The lowest BCUT2D eigenvalue weighted by Gasteiger charge is -2.02. The van der Waals surface area contributed by atoms with Gasteiger partial charge in [0.2, 0.25) is 0 Å². The van der Waals surface area contributed by atoms with Crippen molar-refractivity contribution in [3.63, 3.8) is 0 Å². The van der Waals surface area contributed by atoms with Crippen molar-refractivity contribution in [3.05, 3.63) is 35.9 Å². The second kappa shape index (κ2) is 4.27. The maximum absolute atomic E-state index is 11.3. The van der Waals surface area contributed by atoms with Crippen LogP contribution in [0.3, 0.4) is 0 Å². The molecule has 0 aliphatic carbocycles. The minimum atomic E-state index is -3.33. The Hall–Kier alpha value is -1.62. The van der Waals surface area contributed by atoms with E-state index in [4.69, 9.17) is 5.11 Å². The molecular weight excluding hydrogens is 216 g/mol. The van der Waals surface area contributed by atoms with Crippen LogP contribution in [0.25, 0.3) is 6.08 Å². The van der Waals surface area contributed by atoms with Crippen LogP contribution < -0.4 is 0 Å². The van der Waals surface area contributed by atoms with E-state index in [-0.39, 0.29) is 4.90 Å². The molecule has 4 nitrogen and oxygen atoms in total. The van der Waals surface area contributed by atoms with Gasteiger partial charge in [-0.3, -0.25) is 0 Å². The van der Waals surface area contributed by atoms with Crippen molar-refractivity contribution in [2.45, 2.75) is 4.90 Å². The third-order valence-electron chi connectivity index (χ3n) is 1.72. The Bertz CT molecular complexity index is 500. The first-order chi connectivity index (χ1) is 6.91. The number of hydrogen-bond acceptors (Lipinski definition) is 3. The zero-order chi connectivity index (χ0) is 11.5. The lowest BCUT2D eigenvalue weighted by Crippen LogP contribution is -1.99. The highest BCUT2D eigenvalue weighted by Gasteiger charge is 2.10. The quantitative estimate of drug-likeness (QED) is 0.786. The molecule has 1 rings (SSSR count). The summed E-state index contributed by atoms with van der Waals surface area (Å²) < 4.78 is 22.6. The van der Waals surface area contributed by atoms with Crippen LogP contribution in [0.1, 0.15) is 5.56 Å². The average molecular weight is 226 g/mol. The van der Waals surface area contributed by atoms with E-state index in [9.17, 15) is 13.2 Å². The van der Waals surface area contributed by atoms with Gasteiger partial charge < -0.3 is 5.11 Å². The Morgan fingerprint density at radius 2 is 1.93 bits per heavy atom. The van der Waals surface area contributed by atoms with Crippen molar-refractivity contribution in [2.24, 2.45) is 0 Å². The summed E-state index contributed by atoms with van der Waals surface area (Å²) in [6, 6.07) is 6.23. The molecular formula is C10H10O4S. The molecule has 0 spiro atoms.